The summed E-state index contributed by atoms with van der Waals surface area (Å²) in [6.07, 6.45) is 0.676. The maximum Gasteiger partial charge on any atom is 0.263 e. The van der Waals surface area contributed by atoms with E-state index < -0.39 is 10.0 Å². The first-order valence-electron chi connectivity index (χ1n) is 8.42. The topological polar surface area (TPSA) is 88.2 Å². The summed E-state index contributed by atoms with van der Waals surface area (Å²) in [5, 5.41) is 4.91. The van der Waals surface area contributed by atoms with Crippen molar-refractivity contribution >= 4 is 54.0 Å². The predicted molar refractivity (Wildman–Crippen MR) is 115 cm³/mol. The van der Waals surface area contributed by atoms with Gasteiger partial charge in [-0.2, -0.15) is 0 Å². The van der Waals surface area contributed by atoms with Crippen LogP contribution in [0.3, 0.4) is 0 Å². The average molecular weight is 480 g/mol. The van der Waals surface area contributed by atoms with Crippen molar-refractivity contribution in [2.75, 3.05) is 10.0 Å². The number of amides is 1. The Labute approximate surface area is 176 Å². The van der Waals surface area contributed by atoms with Gasteiger partial charge in [0.2, 0.25) is 5.91 Å². The van der Waals surface area contributed by atoms with Crippen LogP contribution in [0.1, 0.15) is 17.7 Å². The lowest BCUT2D eigenvalue weighted by molar-refractivity contribution is -0.116. The summed E-state index contributed by atoms with van der Waals surface area (Å²) in [6, 6.07) is 13.8. The van der Waals surface area contributed by atoms with Crippen molar-refractivity contribution in [2.24, 2.45) is 0 Å². The average Bonchev–Trinajstić information content (AvgIpc) is 3.10. The minimum Gasteiger partial charge on any atom is -0.326 e. The van der Waals surface area contributed by atoms with Crippen LogP contribution in [0.25, 0.3) is 0 Å². The summed E-state index contributed by atoms with van der Waals surface area (Å²) in [5.74, 6) is -0.121. The smallest absolute Gasteiger partial charge is 0.263 e. The van der Waals surface area contributed by atoms with Crippen molar-refractivity contribution in [3.63, 3.8) is 0 Å². The lowest BCUT2D eigenvalue weighted by Gasteiger charge is -2.08. The van der Waals surface area contributed by atoms with E-state index in [-0.39, 0.29) is 22.4 Å². The van der Waals surface area contributed by atoms with Gasteiger partial charge in [0, 0.05) is 22.0 Å². The van der Waals surface area contributed by atoms with Gasteiger partial charge in [0.25, 0.3) is 10.0 Å². The third-order valence-electron chi connectivity index (χ3n) is 3.90. The van der Waals surface area contributed by atoms with Crippen molar-refractivity contribution in [1.82, 2.24) is 4.98 Å². The molecule has 0 bridgehead atoms. The first-order valence-corrected chi connectivity index (χ1v) is 11.6. The molecule has 0 aliphatic rings. The highest BCUT2D eigenvalue weighted by Crippen LogP contribution is 2.22. The van der Waals surface area contributed by atoms with Crippen molar-refractivity contribution in [3.8, 4) is 0 Å². The molecule has 1 aromatic heterocycles. The van der Waals surface area contributed by atoms with Crippen molar-refractivity contribution in [2.45, 2.75) is 24.7 Å². The highest BCUT2D eigenvalue weighted by atomic mass is 79.9. The zero-order chi connectivity index (χ0) is 20.1. The molecule has 9 heteroatoms. The number of rotatable bonds is 7. The van der Waals surface area contributed by atoms with Crippen LogP contribution in [-0.4, -0.2) is 19.3 Å². The molecular formula is C19H18BrN3O3S2. The second-order valence-corrected chi connectivity index (χ2v) is 9.53. The molecule has 0 fully saturated rings. The molecule has 0 unspecified atom stereocenters. The summed E-state index contributed by atoms with van der Waals surface area (Å²) in [4.78, 5) is 16.6. The Morgan fingerprint density at radius 3 is 2.64 bits per heavy atom. The van der Waals surface area contributed by atoms with Gasteiger partial charge in [0.15, 0.2) is 5.13 Å². The van der Waals surface area contributed by atoms with E-state index in [1.807, 2.05) is 25.1 Å². The normalized spacial score (nSPS) is 11.2. The van der Waals surface area contributed by atoms with Crippen LogP contribution in [0.15, 0.2) is 63.3 Å². The fourth-order valence-corrected chi connectivity index (χ4v) is 4.96. The molecular weight excluding hydrogens is 462 g/mol. The molecule has 0 saturated heterocycles. The van der Waals surface area contributed by atoms with Crippen LogP contribution in [-0.2, 0) is 21.2 Å². The molecule has 0 atom stereocenters. The fraction of sp³-hybridized carbons (Fsp3) is 0.158. The Hall–Kier alpha value is -2.23. The van der Waals surface area contributed by atoms with E-state index in [2.05, 4.69) is 31.0 Å². The molecule has 0 spiro atoms. The summed E-state index contributed by atoms with van der Waals surface area (Å²) in [5.41, 5.74) is 2.40. The number of nitrogens with zero attached hydrogens (tertiary/aromatic N) is 1. The largest absolute Gasteiger partial charge is 0.326 e. The molecule has 3 rings (SSSR count). The zero-order valence-corrected chi connectivity index (χ0v) is 18.2. The molecule has 3 aromatic rings. The number of hydrogen-bond donors (Lipinski definition) is 2. The maximum atomic E-state index is 12.3. The molecule has 2 N–H and O–H groups in total. The first-order chi connectivity index (χ1) is 13.3. The number of carbonyl (C=O) groups is 1. The van der Waals surface area contributed by atoms with Crippen LogP contribution in [0.5, 0.6) is 0 Å². The first kappa shape index (κ1) is 20.5. The maximum absolute atomic E-state index is 12.3. The number of nitrogens with one attached hydrogen (secondary N) is 2. The number of benzene rings is 2. The highest BCUT2D eigenvalue weighted by molar-refractivity contribution is 9.10. The summed E-state index contributed by atoms with van der Waals surface area (Å²) < 4.78 is 28.1. The van der Waals surface area contributed by atoms with Crippen LogP contribution in [0.4, 0.5) is 10.8 Å². The highest BCUT2D eigenvalue weighted by Gasteiger charge is 2.16. The SMILES string of the molecule is Cc1cc(Br)ccc1NC(=O)CCc1csc(NS(=O)(=O)c2ccccc2)n1. The number of aromatic nitrogens is 1. The number of sulfonamides is 1. The monoisotopic (exact) mass is 479 g/mol. The standard InChI is InChI=1S/C19H18BrN3O3S2/c1-13-11-14(20)7-9-17(13)22-18(24)10-8-15-12-27-19(21-15)23-28(25,26)16-5-3-2-4-6-16/h2-7,9,11-12H,8,10H2,1H3,(H,21,23)(H,22,24). The molecule has 28 heavy (non-hydrogen) atoms. The lowest BCUT2D eigenvalue weighted by atomic mass is 10.2. The minimum absolute atomic E-state index is 0.121. The van der Waals surface area contributed by atoms with Crippen molar-refractivity contribution in [3.05, 3.63) is 69.6 Å². The molecule has 6 nitrogen and oxygen atoms in total. The molecule has 146 valence electrons. The molecule has 2 aromatic carbocycles. The van der Waals surface area contributed by atoms with Gasteiger partial charge in [0.05, 0.1) is 10.6 Å². The summed E-state index contributed by atoms with van der Waals surface area (Å²) >= 11 is 4.59. The molecule has 1 heterocycles. The van der Waals surface area contributed by atoms with Crippen LogP contribution in [0, 0.1) is 6.92 Å². The van der Waals surface area contributed by atoms with Gasteiger partial charge in [0.1, 0.15) is 0 Å². The van der Waals surface area contributed by atoms with Crippen LogP contribution in [0.2, 0.25) is 0 Å². The van der Waals surface area contributed by atoms with Gasteiger partial charge in [-0.25, -0.2) is 13.4 Å². The second kappa shape index (κ2) is 8.85. The third kappa shape index (κ3) is 5.40. The molecule has 0 aliphatic carbocycles. The van der Waals surface area contributed by atoms with E-state index >= 15 is 0 Å². The minimum atomic E-state index is -3.67. The summed E-state index contributed by atoms with van der Waals surface area (Å²) in [7, 11) is -3.67. The quantitative estimate of drug-likeness (QED) is 0.518. The molecule has 0 radical (unpaired) electrons. The Kier molecular flexibility index (Phi) is 6.48. The fourth-order valence-electron chi connectivity index (χ4n) is 2.46. The third-order valence-corrected chi connectivity index (χ3v) is 6.68. The van der Waals surface area contributed by atoms with Gasteiger partial charge < -0.3 is 5.32 Å². The van der Waals surface area contributed by atoms with E-state index in [1.54, 1.807) is 23.6 Å². The Morgan fingerprint density at radius 2 is 1.93 bits per heavy atom. The Balaban J connectivity index is 1.57. The van der Waals surface area contributed by atoms with E-state index in [4.69, 9.17) is 0 Å². The Morgan fingerprint density at radius 1 is 1.18 bits per heavy atom. The van der Waals surface area contributed by atoms with E-state index in [0.29, 0.717) is 12.1 Å². The number of halogens is 1. The van der Waals surface area contributed by atoms with E-state index in [9.17, 15) is 13.2 Å². The van der Waals surface area contributed by atoms with Crippen molar-refractivity contribution < 1.29 is 13.2 Å². The second-order valence-electron chi connectivity index (χ2n) is 6.07. The van der Waals surface area contributed by atoms with Crippen molar-refractivity contribution in [1.29, 1.82) is 0 Å². The van der Waals surface area contributed by atoms with Gasteiger partial charge in [-0.15, -0.1) is 11.3 Å². The Bertz CT molecular complexity index is 1080. The number of aryl methyl sites for hydroxylation is 2. The predicted octanol–water partition coefficient (Wildman–Crippen LogP) is 4.59. The molecule has 1 amide bonds. The van der Waals surface area contributed by atoms with E-state index in [1.165, 1.54) is 23.5 Å². The van der Waals surface area contributed by atoms with Gasteiger partial charge in [-0.3, -0.25) is 9.52 Å². The molecule has 0 saturated carbocycles. The van der Waals surface area contributed by atoms with Gasteiger partial charge >= 0.3 is 0 Å². The zero-order valence-electron chi connectivity index (χ0n) is 15.0. The van der Waals surface area contributed by atoms with Crippen LogP contribution >= 0.6 is 27.3 Å². The lowest BCUT2D eigenvalue weighted by Crippen LogP contribution is -2.14. The van der Waals surface area contributed by atoms with E-state index in [0.717, 1.165) is 15.7 Å². The number of hydrogen-bond acceptors (Lipinski definition) is 5. The summed E-state index contributed by atoms with van der Waals surface area (Å²) in [6.45, 7) is 1.92. The van der Waals surface area contributed by atoms with Gasteiger partial charge in [-0.1, -0.05) is 34.1 Å². The number of carbonyl (C=O) groups excluding carboxylic acids is 1. The van der Waals surface area contributed by atoms with Gasteiger partial charge in [-0.05, 0) is 49.2 Å². The molecule has 0 aliphatic heterocycles. The number of anilines is 2. The number of thiazole rings is 1. The van der Waals surface area contributed by atoms with Crippen LogP contribution < -0.4 is 10.0 Å².